The molecule has 4 rings (SSSR count). The Labute approximate surface area is 179 Å². The predicted molar refractivity (Wildman–Crippen MR) is 112 cm³/mol. The molecule has 0 bridgehead atoms. The van der Waals surface area contributed by atoms with Crippen molar-refractivity contribution in [2.45, 2.75) is 31.3 Å². The van der Waals surface area contributed by atoms with Gasteiger partial charge in [-0.25, -0.2) is 14.4 Å². The van der Waals surface area contributed by atoms with E-state index in [1.165, 1.54) is 18.5 Å². The monoisotopic (exact) mass is 433 g/mol. The summed E-state index contributed by atoms with van der Waals surface area (Å²) < 4.78 is 13.9. The molecular weight excluding hydrogens is 409 g/mol. The number of hydrogen-bond donors (Lipinski definition) is 2. The second-order valence-electron chi connectivity index (χ2n) is 7.92. The van der Waals surface area contributed by atoms with Crippen LogP contribution in [-0.2, 0) is 4.79 Å². The third kappa shape index (κ3) is 3.75. The number of aromatic nitrogens is 2. The van der Waals surface area contributed by atoms with E-state index in [9.17, 15) is 14.3 Å². The maximum absolute atomic E-state index is 13.9. The van der Waals surface area contributed by atoms with E-state index in [1.54, 1.807) is 11.0 Å². The minimum atomic E-state index is -0.609. The first kappa shape index (κ1) is 21.0. The maximum Gasteiger partial charge on any atom is 0.231 e. The van der Waals surface area contributed by atoms with Crippen LogP contribution in [0.4, 0.5) is 10.2 Å². The van der Waals surface area contributed by atoms with E-state index in [0.717, 1.165) is 11.4 Å². The third-order valence-electron chi connectivity index (χ3n) is 6.05. The molecule has 1 amide bonds. The molecule has 0 saturated carbocycles. The highest BCUT2D eigenvalue weighted by atomic mass is 35.5. The average Bonchev–Trinajstić information content (AvgIpc) is 3.05. The highest BCUT2D eigenvalue weighted by Crippen LogP contribution is 2.42. The van der Waals surface area contributed by atoms with Crippen molar-refractivity contribution < 1.29 is 14.3 Å². The number of carbonyl (C=O) groups excluding carboxylic acids is 1. The van der Waals surface area contributed by atoms with Crippen LogP contribution in [-0.4, -0.2) is 58.6 Å². The Morgan fingerprint density at radius 1 is 1.33 bits per heavy atom. The quantitative estimate of drug-likeness (QED) is 0.767. The number of benzene rings is 1. The number of nitrogens with zero attached hydrogens (tertiary/aromatic N) is 4. The molecule has 1 fully saturated rings. The fourth-order valence-corrected chi connectivity index (χ4v) is 4.54. The van der Waals surface area contributed by atoms with E-state index in [-0.39, 0.29) is 23.4 Å². The SMILES string of the molecule is CC1CC(O)c2ncnc(N3CCN(C(=O)[C@H](CN)c4ccc(Cl)c(F)c4)CC3)c21. The van der Waals surface area contributed by atoms with Crippen LogP contribution in [0.5, 0.6) is 0 Å². The highest BCUT2D eigenvalue weighted by molar-refractivity contribution is 6.30. The van der Waals surface area contributed by atoms with Gasteiger partial charge in [0, 0.05) is 38.3 Å². The van der Waals surface area contributed by atoms with Crippen molar-refractivity contribution in [2.24, 2.45) is 5.73 Å². The number of aliphatic hydroxyl groups is 1. The van der Waals surface area contributed by atoms with Crippen molar-refractivity contribution in [3.05, 3.63) is 52.2 Å². The Morgan fingerprint density at radius 2 is 2.07 bits per heavy atom. The van der Waals surface area contributed by atoms with Gasteiger partial charge in [0.25, 0.3) is 0 Å². The van der Waals surface area contributed by atoms with Crippen molar-refractivity contribution in [3.63, 3.8) is 0 Å². The largest absolute Gasteiger partial charge is 0.387 e. The van der Waals surface area contributed by atoms with Crippen molar-refractivity contribution in [1.82, 2.24) is 14.9 Å². The van der Waals surface area contributed by atoms with Gasteiger partial charge >= 0.3 is 0 Å². The Morgan fingerprint density at radius 3 is 2.73 bits per heavy atom. The normalized spacial score (nSPS) is 22.2. The van der Waals surface area contributed by atoms with Crippen LogP contribution < -0.4 is 10.6 Å². The number of hydrogen-bond acceptors (Lipinski definition) is 6. The lowest BCUT2D eigenvalue weighted by molar-refractivity contribution is -0.132. The molecule has 0 spiro atoms. The summed E-state index contributed by atoms with van der Waals surface area (Å²) in [7, 11) is 0. The molecule has 2 heterocycles. The number of carbonyl (C=O) groups is 1. The van der Waals surface area contributed by atoms with E-state index < -0.39 is 17.8 Å². The van der Waals surface area contributed by atoms with E-state index in [1.807, 2.05) is 0 Å². The molecule has 160 valence electrons. The fraction of sp³-hybridized carbons (Fsp3) is 0.476. The molecule has 0 radical (unpaired) electrons. The highest BCUT2D eigenvalue weighted by Gasteiger charge is 2.34. The molecule has 1 aliphatic carbocycles. The Hall–Kier alpha value is -2.29. The molecule has 1 aromatic carbocycles. The molecule has 30 heavy (non-hydrogen) atoms. The van der Waals surface area contributed by atoms with E-state index >= 15 is 0 Å². The molecule has 9 heteroatoms. The first-order valence-corrected chi connectivity index (χ1v) is 10.5. The molecule has 2 aliphatic rings. The number of anilines is 1. The summed E-state index contributed by atoms with van der Waals surface area (Å²) >= 11 is 5.76. The fourth-order valence-electron chi connectivity index (χ4n) is 4.42. The Bertz CT molecular complexity index is 951. The summed E-state index contributed by atoms with van der Waals surface area (Å²) in [6.45, 7) is 4.42. The number of halogens is 2. The van der Waals surface area contributed by atoms with Crippen molar-refractivity contribution in [2.75, 3.05) is 37.6 Å². The third-order valence-corrected chi connectivity index (χ3v) is 6.36. The summed E-state index contributed by atoms with van der Waals surface area (Å²) in [6, 6.07) is 4.38. The molecular formula is C21H25ClFN5O2. The van der Waals surface area contributed by atoms with Gasteiger partial charge in [0.1, 0.15) is 18.0 Å². The lowest BCUT2D eigenvalue weighted by Crippen LogP contribution is -2.51. The first-order valence-electron chi connectivity index (χ1n) is 10.1. The molecule has 3 N–H and O–H groups in total. The topological polar surface area (TPSA) is 95.6 Å². The van der Waals surface area contributed by atoms with Crippen molar-refractivity contribution in [1.29, 1.82) is 0 Å². The van der Waals surface area contributed by atoms with Gasteiger partial charge in [-0.1, -0.05) is 24.6 Å². The molecule has 2 unspecified atom stereocenters. The molecule has 2 aromatic rings. The number of amides is 1. The molecule has 7 nitrogen and oxygen atoms in total. The Balaban J connectivity index is 1.47. The van der Waals surface area contributed by atoms with E-state index in [2.05, 4.69) is 21.8 Å². The van der Waals surface area contributed by atoms with Gasteiger partial charge in [0.15, 0.2) is 0 Å². The molecule has 1 aliphatic heterocycles. The van der Waals surface area contributed by atoms with Gasteiger partial charge in [0.05, 0.1) is 22.7 Å². The van der Waals surface area contributed by atoms with Gasteiger partial charge in [-0.15, -0.1) is 0 Å². The second-order valence-corrected chi connectivity index (χ2v) is 8.33. The smallest absolute Gasteiger partial charge is 0.231 e. The van der Waals surface area contributed by atoms with Crippen molar-refractivity contribution in [3.8, 4) is 0 Å². The van der Waals surface area contributed by atoms with E-state index in [4.69, 9.17) is 17.3 Å². The lowest BCUT2D eigenvalue weighted by Gasteiger charge is -2.37. The molecule has 1 aromatic heterocycles. The number of nitrogens with two attached hydrogens (primary N) is 1. The number of rotatable bonds is 4. The predicted octanol–water partition coefficient (Wildman–Crippen LogP) is 2.20. The van der Waals surface area contributed by atoms with Crippen LogP contribution in [0.3, 0.4) is 0 Å². The van der Waals surface area contributed by atoms with Gasteiger partial charge in [-0.2, -0.15) is 0 Å². The van der Waals surface area contributed by atoms with Crippen LogP contribution in [0.2, 0.25) is 5.02 Å². The van der Waals surface area contributed by atoms with Gasteiger partial charge in [-0.05, 0) is 30.0 Å². The summed E-state index contributed by atoms with van der Waals surface area (Å²) in [5.74, 6) is -0.255. The minimum absolute atomic E-state index is 0.0207. The zero-order chi connectivity index (χ0) is 21.4. The second kappa shape index (κ2) is 8.45. The summed E-state index contributed by atoms with van der Waals surface area (Å²) in [5.41, 5.74) is 8.09. The van der Waals surface area contributed by atoms with E-state index in [0.29, 0.717) is 43.9 Å². The zero-order valence-corrected chi connectivity index (χ0v) is 17.5. The van der Waals surface area contributed by atoms with Crippen LogP contribution in [0.25, 0.3) is 0 Å². The van der Waals surface area contributed by atoms with Crippen LogP contribution in [0.15, 0.2) is 24.5 Å². The van der Waals surface area contributed by atoms with Gasteiger partial charge in [-0.3, -0.25) is 4.79 Å². The number of piperazine rings is 1. The van der Waals surface area contributed by atoms with Crippen molar-refractivity contribution >= 4 is 23.3 Å². The average molecular weight is 434 g/mol. The van der Waals surface area contributed by atoms with Gasteiger partial charge in [0.2, 0.25) is 5.91 Å². The zero-order valence-electron chi connectivity index (χ0n) is 16.8. The Kier molecular flexibility index (Phi) is 5.90. The van der Waals surface area contributed by atoms with Crippen LogP contribution in [0, 0.1) is 5.82 Å². The summed E-state index contributed by atoms with van der Waals surface area (Å²) in [5, 5.41) is 10.2. The summed E-state index contributed by atoms with van der Waals surface area (Å²) in [6.07, 6.45) is 1.59. The molecule has 3 atom stereocenters. The van der Waals surface area contributed by atoms with Gasteiger partial charge < -0.3 is 20.6 Å². The van der Waals surface area contributed by atoms with Crippen LogP contribution in [0.1, 0.15) is 48.1 Å². The summed E-state index contributed by atoms with van der Waals surface area (Å²) in [4.78, 5) is 25.7. The molecule has 1 saturated heterocycles. The number of fused-ring (bicyclic) bond motifs is 1. The minimum Gasteiger partial charge on any atom is -0.387 e. The maximum atomic E-state index is 13.9. The number of aliphatic hydroxyl groups excluding tert-OH is 1. The van der Waals surface area contributed by atoms with Crippen LogP contribution >= 0.6 is 11.6 Å². The standard InChI is InChI=1S/C21H25ClFN5O2/c1-12-8-17(29)19-18(12)20(26-11-25-19)27-4-6-28(7-5-27)21(30)14(10-24)13-2-3-15(22)16(23)9-13/h2-3,9,11-12,14,17,29H,4-8,10,24H2,1H3/t12?,14-,17?/m1/s1. The first-order chi connectivity index (χ1) is 14.4. The lowest BCUT2D eigenvalue weighted by atomic mass is 9.97.